The highest BCUT2D eigenvalue weighted by Gasteiger charge is 2.38. The van der Waals surface area contributed by atoms with Gasteiger partial charge in [-0.2, -0.15) is 0 Å². The van der Waals surface area contributed by atoms with Gasteiger partial charge >= 0.3 is 6.09 Å². The first-order valence-electron chi connectivity index (χ1n) is 12.1. The number of imidazole rings is 1. The maximum absolute atomic E-state index is 13.2. The average molecular weight is 495 g/mol. The van der Waals surface area contributed by atoms with Gasteiger partial charge in [-0.05, 0) is 38.3 Å². The standard InChI is InChI=1S/C26H34N6O4/c1-16(2)36-20-11-23-28-17(3)13-31(23)14-19(20)24(33)29-22-8-7-18(12-27-22)30-9-10-32(25(34)35)21(15-30)26(4,5)6/h7-8,11-14,16,21H,9-10,15H2,1-6H3,(H,34,35)(H,27,29,33). The quantitative estimate of drug-likeness (QED) is 0.544. The molecule has 1 aliphatic rings. The van der Waals surface area contributed by atoms with Crippen molar-refractivity contribution in [1.82, 2.24) is 19.3 Å². The van der Waals surface area contributed by atoms with Gasteiger partial charge in [0.2, 0.25) is 0 Å². The number of carbonyl (C=O) groups excluding carboxylic acids is 1. The minimum atomic E-state index is -0.893. The fraction of sp³-hybridized carbons (Fsp3) is 0.462. The zero-order valence-electron chi connectivity index (χ0n) is 21.6. The van der Waals surface area contributed by atoms with Gasteiger partial charge in [-0.15, -0.1) is 0 Å². The fourth-order valence-electron chi connectivity index (χ4n) is 4.48. The van der Waals surface area contributed by atoms with Crippen LogP contribution >= 0.6 is 0 Å². The fourth-order valence-corrected chi connectivity index (χ4v) is 4.48. The van der Waals surface area contributed by atoms with Crippen LogP contribution in [0.4, 0.5) is 16.3 Å². The van der Waals surface area contributed by atoms with Crippen molar-refractivity contribution in [3.8, 4) is 5.75 Å². The summed E-state index contributed by atoms with van der Waals surface area (Å²) < 4.78 is 7.70. The number of ether oxygens (including phenoxy) is 1. The molecule has 10 nitrogen and oxygen atoms in total. The summed E-state index contributed by atoms with van der Waals surface area (Å²) in [7, 11) is 0. The molecule has 0 saturated carbocycles. The van der Waals surface area contributed by atoms with Crippen molar-refractivity contribution < 1.29 is 19.4 Å². The first kappa shape index (κ1) is 25.3. The Bertz CT molecular complexity index is 1260. The second-order valence-corrected chi connectivity index (χ2v) is 10.5. The van der Waals surface area contributed by atoms with Crippen molar-refractivity contribution in [2.45, 2.75) is 53.7 Å². The number of hydrogen-bond acceptors (Lipinski definition) is 6. The lowest BCUT2D eigenvalue weighted by atomic mass is 9.84. The van der Waals surface area contributed by atoms with E-state index in [1.165, 1.54) is 4.90 Å². The Kier molecular flexibility index (Phi) is 6.79. The Morgan fingerprint density at radius 3 is 2.56 bits per heavy atom. The smallest absolute Gasteiger partial charge is 0.407 e. The van der Waals surface area contributed by atoms with Crippen LogP contribution in [0.2, 0.25) is 0 Å². The topological polar surface area (TPSA) is 112 Å². The number of carbonyl (C=O) groups is 2. The van der Waals surface area contributed by atoms with Crippen LogP contribution in [0.25, 0.3) is 5.65 Å². The van der Waals surface area contributed by atoms with Crippen molar-refractivity contribution >= 4 is 29.2 Å². The Balaban J connectivity index is 1.51. The first-order valence-corrected chi connectivity index (χ1v) is 12.1. The highest BCUT2D eigenvalue weighted by atomic mass is 16.5. The van der Waals surface area contributed by atoms with E-state index in [2.05, 4.69) is 20.2 Å². The van der Waals surface area contributed by atoms with Gasteiger partial charge in [-0.1, -0.05) is 20.8 Å². The first-order chi connectivity index (χ1) is 16.9. The Morgan fingerprint density at radius 1 is 1.19 bits per heavy atom. The van der Waals surface area contributed by atoms with Gasteiger partial charge in [-0.25, -0.2) is 14.8 Å². The van der Waals surface area contributed by atoms with Gasteiger partial charge in [0.1, 0.15) is 17.2 Å². The average Bonchev–Trinajstić information content (AvgIpc) is 3.16. The molecule has 192 valence electrons. The lowest BCUT2D eigenvalue weighted by Crippen LogP contribution is -2.59. The SMILES string of the molecule is Cc1cn2cc(C(=O)Nc3ccc(N4CCN(C(=O)O)C(C(C)(C)C)C4)cn3)c(OC(C)C)cc2n1. The lowest BCUT2D eigenvalue weighted by Gasteiger charge is -2.46. The normalized spacial score (nSPS) is 16.5. The molecular weight excluding hydrogens is 460 g/mol. The van der Waals surface area contributed by atoms with E-state index in [1.807, 2.05) is 53.8 Å². The van der Waals surface area contributed by atoms with Crippen molar-refractivity contribution in [1.29, 1.82) is 0 Å². The molecule has 0 bridgehead atoms. The number of fused-ring (bicyclic) bond motifs is 1. The molecule has 2 N–H and O–H groups in total. The molecule has 0 aromatic carbocycles. The van der Waals surface area contributed by atoms with Crippen LogP contribution in [0.15, 0.2) is 36.8 Å². The molecule has 3 aromatic rings. The van der Waals surface area contributed by atoms with Gasteiger partial charge < -0.3 is 29.4 Å². The van der Waals surface area contributed by atoms with Gasteiger partial charge in [-0.3, -0.25) is 4.79 Å². The summed E-state index contributed by atoms with van der Waals surface area (Å²) in [5.41, 5.74) is 2.61. The van der Waals surface area contributed by atoms with Crippen molar-refractivity contribution in [3.63, 3.8) is 0 Å². The predicted octanol–water partition coefficient (Wildman–Crippen LogP) is 4.29. The maximum atomic E-state index is 13.2. The number of pyridine rings is 2. The second-order valence-electron chi connectivity index (χ2n) is 10.5. The third-order valence-electron chi connectivity index (χ3n) is 6.26. The summed E-state index contributed by atoms with van der Waals surface area (Å²) in [5.74, 6) is 0.543. The third-order valence-corrected chi connectivity index (χ3v) is 6.26. The number of piperazine rings is 1. The molecule has 1 unspecified atom stereocenters. The molecule has 0 spiro atoms. The van der Waals surface area contributed by atoms with Crippen molar-refractivity contribution in [3.05, 3.63) is 48.0 Å². The summed E-state index contributed by atoms with van der Waals surface area (Å²) in [6.07, 6.45) is 4.28. The minimum absolute atomic E-state index is 0.106. The minimum Gasteiger partial charge on any atom is -0.490 e. The molecule has 4 heterocycles. The van der Waals surface area contributed by atoms with E-state index in [4.69, 9.17) is 4.74 Å². The summed E-state index contributed by atoms with van der Waals surface area (Å²) in [6.45, 7) is 13.4. The number of aryl methyl sites for hydroxylation is 1. The lowest BCUT2D eigenvalue weighted by molar-refractivity contribution is 0.0748. The third kappa shape index (κ3) is 5.37. The van der Waals surface area contributed by atoms with Gasteiger partial charge in [0.15, 0.2) is 0 Å². The number of anilines is 2. The molecular formula is C26H34N6O4. The number of nitrogens with one attached hydrogen (secondary N) is 1. The van der Waals surface area contributed by atoms with Gasteiger partial charge in [0.05, 0.1) is 35.3 Å². The van der Waals surface area contributed by atoms with E-state index >= 15 is 0 Å². The van der Waals surface area contributed by atoms with Crippen LogP contribution in [0, 0.1) is 12.3 Å². The molecule has 0 radical (unpaired) electrons. The summed E-state index contributed by atoms with van der Waals surface area (Å²) in [5, 5.41) is 12.5. The van der Waals surface area contributed by atoms with Crippen LogP contribution in [-0.2, 0) is 0 Å². The van der Waals surface area contributed by atoms with Crippen LogP contribution in [-0.4, -0.2) is 68.2 Å². The number of aromatic nitrogens is 3. The molecule has 2 amide bonds. The molecule has 36 heavy (non-hydrogen) atoms. The summed E-state index contributed by atoms with van der Waals surface area (Å²) >= 11 is 0. The largest absolute Gasteiger partial charge is 0.490 e. The molecule has 10 heteroatoms. The Morgan fingerprint density at radius 2 is 1.94 bits per heavy atom. The monoisotopic (exact) mass is 494 g/mol. The highest BCUT2D eigenvalue weighted by molar-refractivity contribution is 6.05. The van der Waals surface area contributed by atoms with E-state index in [-0.39, 0.29) is 23.5 Å². The van der Waals surface area contributed by atoms with E-state index in [9.17, 15) is 14.7 Å². The van der Waals surface area contributed by atoms with Crippen molar-refractivity contribution in [2.75, 3.05) is 29.9 Å². The van der Waals surface area contributed by atoms with Crippen molar-refractivity contribution in [2.24, 2.45) is 5.41 Å². The number of rotatable bonds is 5. The molecule has 1 fully saturated rings. The Hall–Kier alpha value is -3.82. The number of nitrogens with zero attached hydrogens (tertiary/aromatic N) is 5. The molecule has 4 rings (SSSR count). The molecule has 1 aliphatic heterocycles. The van der Waals surface area contributed by atoms with Crippen LogP contribution in [0.5, 0.6) is 5.75 Å². The summed E-state index contributed by atoms with van der Waals surface area (Å²) in [4.78, 5) is 37.5. The highest BCUT2D eigenvalue weighted by Crippen LogP contribution is 2.30. The molecule has 3 aromatic heterocycles. The van der Waals surface area contributed by atoms with Crippen LogP contribution in [0.1, 0.15) is 50.7 Å². The summed E-state index contributed by atoms with van der Waals surface area (Å²) in [6, 6.07) is 5.27. The molecule has 1 atom stereocenters. The van der Waals surface area contributed by atoms with E-state index in [1.54, 1.807) is 28.9 Å². The van der Waals surface area contributed by atoms with Crippen LogP contribution in [0.3, 0.4) is 0 Å². The zero-order valence-corrected chi connectivity index (χ0v) is 21.6. The number of amides is 2. The predicted molar refractivity (Wildman–Crippen MR) is 138 cm³/mol. The van der Waals surface area contributed by atoms with E-state index < -0.39 is 6.09 Å². The zero-order chi connectivity index (χ0) is 26.2. The molecule has 1 saturated heterocycles. The Labute approximate surface area is 210 Å². The van der Waals surface area contributed by atoms with E-state index in [0.29, 0.717) is 42.4 Å². The van der Waals surface area contributed by atoms with Gasteiger partial charge in [0, 0.05) is 38.1 Å². The maximum Gasteiger partial charge on any atom is 0.407 e. The van der Waals surface area contributed by atoms with Crippen LogP contribution < -0.4 is 15.0 Å². The second kappa shape index (κ2) is 9.67. The molecule has 0 aliphatic carbocycles. The van der Waals surface area contributed by atoms with Gasteiger partial charge in [0.25, 0.3) is 5.91 Å². The number of hydrogen-bond donors (Lipinski definition) is 2. The van der Waals surface area contributed by atoms with E-state index in [0.717, 1.165) is 11.4 Å². The number of carboxylic acid groups (broad SMARTS) is 1.